The molecule has 8 nitrogen and oxygen atoms in total. The quantitative estimate of drug-likeness (QED) is 0.125. The molecular formula is C32H44N4O4S2. The monoisotopic (exact) mass is 612 g/mol. The summed E-state index contributed by atoms with van der Waals surface area (Å²) in [4.78, 5) is 32.3. The average molecular weight is 613 g/mol. The molecule has 0 fully saturated rings. The minimum absolute atomic E-state index is 0.0232. The van der Waals surface area contributed by atoms with Crippen LogP contribution in [0.5, 0.6) is 0 Å². The molecule has 0 aliphatic carbocycles. The average Bonchev–Trinajstić information content (AvgIpc) is 2.90. The van der Waals surface area contributed by atoms with E-state index in [9.17, 15) is 9.59 Å². The number of nitrogens with one attached hydrogen (secondary N) is 2. The Labute approximate surface area is 258 Å². The van der Waals surface area contributed by atoms with Gasteiger partial charge in [0.1, 0.15) is 16.2 Å². The first-order chi connectivity index (χ1) is 19.8. The van der Waals surface area contributed by atoms with E-state index in [1.165, 1.54) is 5.56 Å². The fourth-order valence-electron chi connectivity index (χ4n) is 3.95. The molecule has 0 aliphatic heterocycles. The van der Waals surface area contributed by atoms with Crippen LogP contribution < -0.4 is 10.0 Å². The fourth-order valence-corrected chi connectivity index (χ4v) is 5.56. The van der Waals surface area contributed by atoms with Crippen LogP contribution >= 0.6 is 23.7 Å². The molecule has 0 radical (unpaired) electrons. The van der Waals surface area contributed by atoms with Gasteiger partial charge in [-0.1, -0.05) is 36.4 Å². The van der Waals surface area contributed by atoms with Gasteiger partial charge in [-0.3, -0.25) is 4.72 Å². The number of ether oxygens (including phenoxy) is 2. The number of pyridine rings is 1. The maximum Gasteiger partial charge on any atom is 0.410 e. The molecule has 2 aromatic carbocycles. The molecule has 1 atom stereocenters. The number of carbonyl (C=O) groups excluding carboxylic acids is 2. The molecule has 3 rings (SSSR count). The van der Waals surface area contributed by atoms with Crippen molar-refractivity contribution in [2.45, 2.75) is 82.1 Å². The Hall–Kier alpha value is -2.95. The largest absolute Gasteiger partial charge is 0.444 e. The minimum Gasteiger partial charge on any atom is -0.444 e. The number of carbonyl (C=O) groups is 2. The maximum atomic E-state index is 13.0. The summed E-state index contributed by atoms with van der Waals surface area (Å²) in [7, 11) is 0. The third-order valence-electron chi connectivity index (χ3n) is 5.75. The predicted octanol–water partition coefficient (Wildman–Crippen LogP) is 7.32. The third kappa shape index (κ3) is 12.1. The van der Waals surface area contributed by atoms with Crippen LogP contribution in [0.3, 0.4) is 0 Å². The normalized spacial score (nSPS) is 12.5. The van der Waals surface area contributed by atoms with Gasteiger partial charge in [-0.05, 0) is 96.0 Å². The summed E-state index contributed by atoms with van der Waals surface area (Å²) >= 11 is 3.14. The molecular weight excluding hydrogens is 569 g/mol. The van der Waals surface area contributed by atoms with E-state index >= 15 is 0 Å². The zero-order chi connectivity index (χ0) is 30.8. The first-order valence-electron chi connectivity index (χ1n) is 14.2. The summed E-state index contributed by atoms with van der Waals surface area (Å²) < 4.78 is 14.5. The van der Waals surface area contributed by atoms with E-state index in [0.29, 0.717) is 25.4 Å². The molecule has 42 heavy (non-hydrogen) atoms. The van der Waals surface area contributed by atoms with Gasteiger partial charge in [0, 0.05) is 47.9 Å². The van der Waals surface area contributed by atoms with Gasteiger partial charge in [-0.2, -0.15) is 0 Å². The van der Waals surface area contributed by atoms with Gasteiger partial charge < -0.3 is 19.7 Å². The first-order valence-corrected chi connectivity index (χ1v) is 16.0. The van der Waals surface area contributed by atoms with Gasteiger partial charge in [0.15, 0.2) is 0 Å². The van der Waals surface area contributed by atoms with Gasteiger partial charge in [0.2, 0.25) is 0 Å². The number of hydrogen-bond donors (Lipinski definition) is 2. The number of benzene rings is 2. The summed E-state index contributed by atoms with van der Waals surface area (Å²) in [6.07, 6.45) is 1.85. The Bertz CT molecular complexity index is 1310. The van der Waals surface area contributed by atoms with Gasteiger partial charge in [-0.25, -0.2) is 14.6 Å². The fraction of sp³-hybridized carbons (Fsp3) is 0.469. The van der Waals surface area contributed by atoms with Crippen LogP contribution in [0.25, 0.3) is 10.8 Å². The van der Waals surface area contributed by atoms with Crippen molar-refractivity contribution in [2.75, 3.05) is 25.4 Å². The Morgan fingerprint density at radius 3 is 2.38 bits per heavy atom. The molecule has 0 unspecified atom stereocenters. The topological polar surface area (TPSA) is 92.8 Å². The second kappa shape index (κ2) is 15.5. The van der Waals surface area contributed by atoms with Crippen LogP contribution in [0.15, 0.2) is 70.7 Å². The van der Waals surface area contributed by atoms with Crippen molar-refractivity contribution in [3.05, 3.63) is 66.4 Å². The minimum atomic E-state index is -0.556. The van der Waals surface area contributed by atoms with Gasteiger partial charge in [-0.15, -0.1) is 11.8 Å². The second-order valence-corrected chi connectivity index (χ2v) is 14.1. The molecule has 228 valence electrons. The van der Waals surface area contributed by atoms with Gasteiger partial charge in [0.05, 0.1) is 0 Å². The zero-order valence-electron chi connectivity index (χ0n) is 25.7. The van der Waals surface area contributed by atoms with Gasteiger partial charge >= 0.3 is 12.2 Å². The lowest BCUT2D eigenvalue weighted by atomic mass is 10.1. The highest BCUT2D eigenvalue weighted by Gasteiger charge is 2.23. The van der Waals surface area contributed by atoms with E-state index in [1.807, 2.05) is 72.0 Å². The molecule has 2 amide bonds. The van der Waals surface area contributed by atoms with Crippen molar-refractivity contribution in [1.82, 2.24) is 19.9 Å². The predicted molar refractivity (Wildman–Crippen MR) is 173 cm³/mol. The van der Waals surface area contributed by atoms with E-state index in [-0.39, 0.29) is 12.1 Å². The van der Waals surface area contributed by atoms with Crippen molar-refractivity contribution >= 4 is 46.7 Å². The van der Waals surface area contributed by atoms with Crippen LogP contribution in [0.1, 0.15) is 54.0 Å². The first kappa shape index (κ1) is 33.6. The van der Waals surface area contributed by atoms with Crippen LogP contribution in [0.2, 0.25) is 0 Å². The number of fused-ring (bicyclic) bond motifs is 1. The summed E-state index contributed by atoms with van der Waals surface area (Å²) in [5.74, 6) is 0.680. The standard InChI is InChI=1S/C32H44N4O4S2/c1-23(22-36(30(38)40-32(5,6)7)19-16-24-11-9-8-10-12-24)35-42-26-13-14-27-25(21-26)15-17-33-28(27)41-20-18-34-29(37)39-31(2,3)4/h8-15,17,21,23,35H,16,18-20,22H2,1-7H3,(H,34,37)/t23-/m1/s1. The third-order valence-corrected chi connectivity index (χ3v) is 7.76. The SMILES string of the molecule is C[C@H](CN(CCc1ccccc1)C(=O)OC(C)(C)C)NSc1ccc2c(SCCNC(=O)OC(C)(C)C)nccc2c1. The summed E-state index contributed by atoms with van der Waals surface area (Å²) in [6, 6.07) is 18.5. The smallest absolute Gasteiger partial charge is 0.410 e. The zero-order valence-corrected chi connectivity index (χ0v) is 27.4. The lowest BCUT2D eigenvalue weighted by Gasteiger charge is -2.29. The lowest BCUT2D eigenvalue weighted by Crippen LogP contribution is -2.44. The Balaban J connectivity index is 1.55. The van der Waals surface area contributed by atoms with Crippen molar-refractivity contribution in [1.29, 1.82) is 0 Å². The molecule has 0 saturated carbocycles. The number of aromatic nitrogens is 1. The van der Waals surface area contributed by atoms with E-state index < -0.39 is 17.3 Å². The van der Waals surface area contributed by atoms with Crippen molar-refractivity contribution in [3.8, 4) is 0 Å². The van der Waals surface area contributed by atoms with E-state index in [4.69, 9.17) is 9.47 Å². The second-order valence-electron chi connectivity index (χ2n) is 12.1. The lowest BCUT2D eigenvalue weighted by molar-refractivity contribution is 0.0241. The molecule has 1 heterocycles. The number of rotatable bonds is 12. The van der Waals surface area contributed by atoms with Crippen LogP contribution in [0.4, 0.5) is 9.59 Å². The molecule has 3 aromatic rings. The molecule has 1 aromatic heterocycles. The van der Waals surface area contributed by atoms with Crippen molar-refractivity contribution in [2.24, 2.45) is 0 Å². The summed E-state index contributed by atoms with van der Waals surface area (Å²) in [5, 5.41) is 5.86. The van der Waals surface area contributed by atoms with E-state index in [0.717, 1.165) is 27.1 Å². The molecule has 10 heteroatoms. The van der Waals surface area contributed by atoms with E-state index in [2.05, 4.69) is 52.3 Å². The Morgan fingerprint density at radius 1 is 0.976 bits per heavy atom. The summed E-state index contributed by atoms with van der Waals surface area (Å²) in [5.41, 5.74) is 0.110. The molecule has 2 N–H and O–H groups in total. The number of nitrogens with zero attached hydrogens (tertiary/aromatic N) is 2. The highest BCUT2D eigenvalue weighted by atomic mass is 32.2. The Kier molecular flexibility index (Phi) is 12.4. The number of alkyl carbamates (subject to hydrolysis) is 1. The number of thioether (sulfide) groups is 1. The van der Waals surface area contributed by atoms with Crippen LogP contribution in [-0.4, -0.2) is 64.7 Å². The molecule has 0 spiro atoms. The van der Waals surface area contributed by atoms with Crippen molar-refractivity contribution < 1.29 is 19.1 Å². The number of hydrogen-bond acceptors (Lipinski definition) is 8. The highest BCUT2D eigenvalue weighted by molar-refractivity contribution is 7.99. The summed E-state index contributed by atoms with van der Waals surface area (Å²) in [6.45, 7) is 14.8. The molecule has 0 bridgehead atoms. The van der Waals surface area contributed by atoms with Crippen molar-refractivity contribution in [3.63, 3.8) is 0 Å². The van der Waals surface area contributed by atoms with Crippen LogP contribution in [0, 0.1) is 0 Å². The molecule has 0 saturated heterocycles. The maximum absolute atomic E-state index is 13.0. The highest BCUT2D eigenvalue weighted by Crippen LogP contribution is 2.29. The number of amides is 2. The van der Waals surface area contributed by atoms with Crippen LogP contribution in [-0.2, 0) is 15.9 Å². The Morgan fingerprint density at radius 2 is 1.69 bits per heavy atom. The van der Waals surface area contributed by atoms with Gasteiger partial charge in [0.25, 0.3) is 0 Å². The molecule has 0 aliphatic rings. The van der Waals surface area contributed by atoms with E-state index in [1.54, 1.807) is 28.6 Å².